The van der Waals surface area contributed by atoms with Gasteiger partial charge in [0.2, 0.25) is 0 Å². The number of ether oxygens (including phenoxy) is 1. The number of hydrogen-bond donors (Lipinski definition) is 2. The molecule has 33 heavy (non-hydrogen) atoms. The topological polar surface area (TPSA) is 127 Å². The summed E-state index contributed by atoms with van der Waals surface area (Å²) in [5.41, 5.74) is -0.410. The summed E-state index contributed by atoms with van der Waals surface area (Å²) in [6, 6.07) is 0. The van der Waals surface area contributed by atoms with Gasteiger partial charge in [-0.2, -0.15) is 0 Å². The van der Waals surface area contributed by atoms with E-state index in [4.69, 9.17) is 4.74 Å². The lowest BCUT2D eigenvalue weighted by Gasteiger charge is -2.36. The Bertz CT molecular complexity index is 716. The highest BCUT2D eigenvalue weighted by molar-refractivity contribution is 8.78. The first-order chi connectivity index (χ1) is 15.6. The van der Waals surface area contributed by atoms with Gasteiger partial charge in [0.1, 0.15) is 17.4 Å². The van der Waals surface area contributed by atoms with Gasteiger partial charge in [0.05, 0.1) is 6.42 Å². The zero-order valence-corrected chi connectivity index (χ0v) is 22.3. The summed E-state index contributed by atoms with van der Waals surface area (Å²) in [5.74, 6) is -1.23. The van der Waals surface area contributed by atoms with Crippen molar-refractivity contribution < 1.29 is 32.6 Å². The molecule has 1 amide bonds. The van der Waals surface area contributed by atoms with Crippen LogP contribution in [-0.4, -0.2) is 61.1 Å². The number of carboxylic acids is 1. The zero-order chi connectivity index (χ0) is 24.7. The Balaban J connectivity index is 2.26. The molecule has 0 aliphatic heterocycles. The summed E-state index contributed by atoms with van der Waals surface area (Å²) in [6.45, 7) is 4.37. The smallest absolute Gasteiger partial charge is 0.407 e. The minimum atomic E-state index is -3.48. The molecule has 0 heterocycles. The van der Waals surface area contributed by atoms with Crippen LogP contribution in [0.25, 0.3) is 0 Å². The fourth-order valence-electron chi connectivity index (χ4n) is 4.22. The lowest BCUT2D eigenvalue weighted by Crippen LogP contribution is -2.40. The van der Waals surface area contributed by atoms with Crippen molar-refractivity contribution in [2.75, 3.05) is 29.7 Å². The summed E-state index contributed by atoms with van der Waals surface area (Å²) in [6.07, 6.45) is 7.17. The predicted octanol–water partition coefficient (Wildman–Crippen LogP) is 4.68. The molecule has 0 bridgehead atoms. The Morgan fingerprint density at radius 1 is 1.06 bits per heavy atom. The number of sulfone groups is 1. The summed E-state index contributed by atoms with van der Waals surface area (Å²) < 4.78 is 29.6. The van der Waals surface area contributed by atoms with Crippen LogP contribution in [0.3, 0.4) is 0 Å². The van der Waals surface area contributed by atoms with Crippen LogP contribution in [0.15, 0.2) is 0 Å². The molecular formula is C22H39NO7S3. The van der Waals surface area contributed by atoms with Crippen molar-refractivity contribution in [3.63, 3.8) is 0 Å². The fourth-order valence-corrected chi connectivity index (χ4v) is 8.84. The molecule has 0 saturated heterocycles. The Labute approximate surface area is 206 Å². The Kier molecular flexibility index (Phi) is 14.5. The van der Waals surface area contributed by atoms with Gasteiger partial charge < -0.3 is 15.2 Å². The van der Waals surface area contributed by atoms with E-state index in [0.29, 0.717) is 5.75 Å². The fraction of sp³-hybridized carbons (Fsp3) is 0.864. The number of alkyl carbamates (subject to hydrolysis) is 1. The molecular weight excluding hydrogens is 486 g/mol. The van der Waals surface area contributed by atoms with E-state index in [0.717, 1.165) is 68.6 Å². The summed E-state index contributed by atoms with van der Waals surface area (Å²) in [7, 11) is -1.07. The van der Waals surface area contributed by atoms with Crippen molar-refractivity contribution >= 4 is 49.3 Å². The van der Waals surface area contributed by atoms with Gasteiger partial charge in [-0.25, -0.2) is 13.2 Å². The maximum atomic E-state index is 12.3. The van der Waals surface area contributed by atoms with Gasteiger partial charge >= 0.3 is 12.1 Å². The third-order valence-corrected chi connectivity index (χ3v) is 10.8. The number of Topliss-reactive ketones (excluding diaryl/α,β-unsaturated/α-hetero) is 1. The molecule has 0 aromatic heterocycles. The lowest BCUT2D eigenvalue weighted by atomic mass is 9.72. The van der Waals surface area contributed by atoms with Gasteiger partial charge in [0.15, 0.2) is 15.6 Å². The molecule has 0 aromatic carbocycles. The molecule has 0 atom stereocenters. The van der Waals surface area contributed by atoms with E-state index in [1.807, 2.05) is 13.8 Å². The van der Waals surface area contributed by atoms with E-state index in [-0.39, 0.29) is 36.4 Å². The average Bonchev–Trinajstić information content (AvgIpc) is 2.74. The van der Waals surface area contributed by atoms with Crippen LogP contribution in [0.2, 0.25) is 0 Å². The summed E-state index contributed by atoms with van der Waals surface area (Å²) >= 11 is 0. The van der Waals surface area contributed by atoms with E-state index in [9.17, 15) is 27.9 Å². The molecule has 1 rings (SSSR count). The van der Waals surface area contributed by atoms with Gasteiger partial charge in [-0.05, 0) is 31.1 Å². The maximum Gasteiger partial charge on any atom is 0.407 e. The molecule has 1 saturated carbocycles. The van der Waals surface area contributed by atoms with E-state index in [2.05, 4.69) is 5.32 Å². The van der Waals surface area contributed by atoms with Crippen molar-refractivity contribution in [2.24, 2.45) is 11.3 Å². The number of carboxylic acid groups (broad SMARTS) is 1. The average molecular weight is 526 g/mol. The van der Waals surface area contributed by atoms with Crippen LogP contribution in [-0.2, 0) is 24.2 Å². The first-order valence-electron chi connectivity index (χ1n) is 11.7. The third kappa shape index (κ3) is 12.9. The molecule has 0 spiro atoms. The molecule has 1 aliphatic rings. The van der Waals surface area contributed by atoms with Crippen LogP contribution in [0.4, 0.5) is 4.79 Å². The Morgan fingerprint density at radius 3 is 2.27 bits per heavy atom. The number of carbonyl (C=O) groups is 3. The zero-order valence-electron chi connectivity index (χ0n) is 19.8. The molecule has 8 nitrogen and oxygen atoms in total. The van der Waals surface area contributed by atoms with Crippen LogP contribution in [0.1, 0.15) is 78.1 Å². The molecule has 2 N–H and O–H groups in total. The number of carbonyl (C=O) groups excluding carboxylic acids is 2. The number of nitrogens with one attached hydrogen (secondary N) is 1. The van der Waals surface area contributed by atoms with Gasteiger partial charge in [-0.1, -0.05) is 67.5 Å². The van der Waals surface area contributed by atoms with E-state index < -0.39 is 33.1 Å². The maximum absolute atomic E-state index is 12.3. The Morgan fingerprint density at radius 2 is 1.70 bits per heavy atom. The number of aliphatic carboxylic acids is 1. The molecule has 0 aromatic rings. The minimum absolute atomic E-state index is 0.0361. The van der Waals surface area contributed by atoms with Crippen LogP contribution >= 0.6 is 21.6 Å². The molecule has 11 heteroatoms. The third-order valence-electron chi connectivity index (χ3n) is 5.85. The highest BCUT2D eigenvalue weighted by Crippen LogP contribution is 2.38. The quantitative estimate of drug-likeness (QED) is 0.205. The second kappa shape index (κ2) is 15.9. The molecule has 0 radical (unpaired) electrons. The van der Waals surface area contributed by atoms with Crippen molar-refractivity contribution in [3.8, 4) is 0 Å². The van der Waals surface area contributed by atoms with Crippen molar-refractivity contribution in [2.45, 2.75) is 78.1 Å². The SMILES string of the molecule is CCCC(CCC)C(=O)CS(=O)(=O)CSSCCOC(=O)NCC1(CC(=O)O)CCCCC1. The largest absolute Gasteiger partial charge is 0.481 e. The van der Waals surface area contributed by atoms with Crippen LogP contribution < -0.4 is 5.32 Å². The normalized spacial score (nSPS) is 15.8. The summed E-state index contributed by atoms with van der Waals surface area (Å²) in [4.78, 5) is 35.5. The van der Waals surface area contributed by atoms with Crippen molar-refractivity contribution in [1.82, 2.24) is 5.32 Å². The molecule has 1 fully saturated rings. The molecule has 0 unspecified atom stereocenters. The standard InChI is InChI=1S/C22H39NO7S3/c1-3-8-18(9-4-2)19(24)15-33(28,29)17-32-31-13-12-30-21(27)23-16-22(14-20(25)26)10-6-5-7-11-22/h18H,3-17H2,1-2H3,(H,23,27)(H,25,26). The number of rotatable bonds is 17. The van der Waals surface area contributed by atoms with E-state index in [1.54, 1.807) is 0 Å². The van der Waals surface area contributed by atoms with Crippen LogP contribution in [0, 0.1) is 11.3 Å². The minimum Gasteiger partial charge on any atom is -0.481 e. The van der Waals surface area contributed by atoms with Crippen LogP contribution in [0.5, 0.6) is 0 Å². The second-order valence-corrected chi connectivity index (χ2v) is 13.8. The predicted molar refractivity (Wildman–Crippen MR) is 134 cm³/mol. The van der Waals surface area contributed by atoms with E-state index >= 15 is 0 Å². The first-order valence-corrected chi connectivity index (χ1v) is 16.0. The molecule has 192 valence electrons. The highest BCUT2D eigenvalue weighted by atomic mass is 33.1. The summed E-state index contributed by atoms with van der Waals surface area (Å²) in [5, 5.41) is 11.7. The highest BCUT2D eigenvalue weighted by Gasteiger charge is 2.34. The van der Waals surface area contributed by atoms with Crippen molar-refractivity contribution in [1.29, 1.82) is 0 Å². The second-order valence-electron chi connectivity index (χ2n) is 8.81. The van der Waals surface area contributed by atoms with Gasteiger partial charge in [0, 0.05) is 18.2 Å². The lowest BCUT2D eigenvalue weighted by molar-refractivity contribution is -0.140. The number of hydrogen-bond acceptors (Lipinski definition) is 8. The Hall–Kier alpha value is -0.940. The molecule has 1 aliphatic carbocycles. The van der Waals surface area contributed by atoms with Gasteiger partial charge in [0.25, 0.3) is 0 Å². The van der Waals surface area contributed by atoms with Crippen molar-refractivity contribution in [3.05, 3.63) is 0 Å². The number of amides is 1. The van der Waals surface area contributed by atoms with Gasteiger partial charge in [-0.3, -0.25) is 9.59 Å². The van der Waals surface area contributed by atoms with E-state index in [1.165, 1.54) is 10.8 Å². The first kappa shape index (κ1) is 30.1. The monoisotopic (exact) mass is 525 g/mol. The number of ketones is 1. The van der Waals surface area contributed by atoms with Gasteiger partial charge in [-0.15, -0.1) is 0 Å².